The van der Waals surface area contributed by atoms with Crippen molar-refractivity contribution < 1.29 is 4.79 Å². The summed E-state index contributed by atoms with van der Waals surface area (Å²) < 4.78 is 2.20. The van der Waals surface area contributed by atoms with Crippen LogP contribution in [0.25, 0.3) is 5.69 Å². The second kappa shape index (κ2) is 10.9. The van der Waals surface area contributed by atoms with Crippen LogP contribution in [0.2, 0.25) is 0 Å². The molecule has 37 heavy (non-hydrogen) atoms. The van der Waals surface area contributed by atoms with Gasteiger partial charge in [0.25, 0.3) is 0 Å². The lowest BCUT2D eigenvalue weighted by Crippen LogP contribution is -2.33. The van der Waals surface area contributed by atoms with E-state index in [1.807, 2.05) is 60.8 Å². The number of aryl methyl sites for hydroxylation is 2. The largest absolute Gasteiger partial charge is 0.352 e. The van der Waals surface area contributed by atoms with E-state index >= 15 is 0 Å². The summed E-state index contributed by atoms with van der Waals surface area (Å²) in [5.74, 6) is -0.0393. The average Bonchev–Trinajstić information content (AvgIpc) is 3.47. The van der Waals surface area contributed by atoms with Gasteiger partial charge in [-0.1, -0.05) is 31.2 Å². The third-order valence-electron chi connectivity index (χ3n) is 6.76. The highest BCUT2D eigenvalue weighted by Gasteiger charge is 2.41. The second-order valence-corrected chi connectivity index (χ2v) is 9.46. The quantitative estimate of drug-likeness (QED) is 0.320. The van der Waals surface area contributed by atoms with Crippen molar-refractivity contribution in [1.29, 1.82) is 0 Å². The molecule has 0 aliphatic carbocycles. The van der Waals surface area contributed by atoms with Crippen LogP contribution >= 0.6 is 12.2 Å². The first kappa shape index (κ1) is 24.6. The summed E-state index contributed by atoms with van der Waals surface area (Å²) >= 11 is 5.82. The van der Waals surface area contributed by atoms with Gasteiger partial charge in [0.2, 0.25) is 5.91 Å². The Morgan fingerprint density at radius 3 is 2.65 bits per heavy atom. The fourth-order valence-corrected chi connectivity index (χ4v) is 5.31. The van der Waals surface area contributed by atoms with Gasteiger partial charge in [0.05, 0.1) is 29.7 Å². The Hall–Kier alpha value is -4.04. The Kier molecular flexibility index (Phi) is 7.28. The molecule has 7 nitrogen and oxygen atoms in total. The number of para-hydroxylation sites is 1. The van der Waals surface area contributed by atoms with Gasteiger partial charge in [-0.25, -0.2) is 0 Å². The Morgan fingerprint density at radius 2 is 1.89 bits per heavy atom. The first-order chi connectivity index (χ1) is 18.1. The summed E-state index contributed by atoms with van der Waals surface area (Å²) in [6.45, 7) is 4.63. The Morgan fingerprint density at radius 1 is 1.05 bits per heavy atom. The van der Waals surface area contributed by atoms with Gasteiger partial charge in [-0.3, -0.25) is 14.8 Å². The highest BCUT2D eigenvalue weighted by Crippen LogP contribution is 2.40. The molecule has 5 rings (SSSR count). The molecule has 0 saturated carbocycles. The van der Waals surface area contributed by atoms with Crippen molar-refractivity contribution >= 4 is 28.9 Å². The zero-order valence-electron chi connectivity index (χ0n) is 21.0. The minimum atomic E-state index is -0.165. The van der Waals surface area contributed by atoms with E-state index in [-0.39, 0.29) is 18.0 Å². The summed E-state index contributed by atoms with van der Waals surface area (Å²) in [4.78, 5) is 24.1. The summed E-state index contributed by atoms with van der Waals surface area (Å²) in [7, 11) is 0. The number of hydrogen-bond acceptors (Lipinski definition) is 4. The van der Waals surface area contributed by atoms with Gasteiger partial charge in [-0.05, 0) is 73.6 Å². The SMILES string of the molecule is CCc1ccccc1NC(=O)CCN1C(=S)N[C@H](c2ccccn2)[C@H]1c1ccc(C)n1-c1cccnc1. The molecule has 0 radical (unpaired) electrons. The van der Waals surface area contributed by atoms with Crippen molar-refractivity contribution in [3.05, 3.63) is 108 Å². The highest BCUT2D eigenvalue weighted by atomic mass is 32.1. The predicted molar refractivity (Wildman–Crippen MR) is 150 cm³/mol. The molecular weight excluding hydrogens is 480 g/mol. The van der Waals surface area contributed by atoms with Crippen LogP contribution in [0.4, 0.5) is 5.69 Å². The monoisotopic (exact) mass is 510 g/mol. The summed E-state index contributed by atoms with van der Waals surface area (Å²) in [5, 5.41) is 7.18. The Bertz CT molecular complexity index is 1390. The van der Waals surface area contributed by atoms with Crippen molar-refractivity contribution in [3.8, 4) is 5.69 Å². The molecule has 0 bridgehead atoms. The Labute approximate surface area is 222 Å². The van der Waals surface area contributed by atoms with Gasteiger partial charge in [0.15, 0.2) is 5.11 Å². The van der Waals surface area contributed by atoms with Crippen molar-refractivity contribution in [2.24, 2.45) is 0 Å². The number of carbonyl (C=O) groups excluding carboxylic acids is 1. The molecule has 0 spiro atoms. The maximum atomic E-state index is 13.0. The van der Waals surface area contributed by atoms with Crippen molar-refractivity contribution in [1.82, 2.24) is 24.8 Å². The maximum Gasteiger partial charge on any atom is 0.226 e. The van der Waals surface area contributed by atoms with E-state index in [1.54, 1.807) is 12.4 Å². The van der Waals surface area contributed by atoms with E-state index in [2.05, 4.69) is 56.0 Å². The normalized spacial score (nSPS) is 17.0. The molecule has 4 heterocycles. The molecule has 2 N–H and O–H groups in total. The number of hydrogen-bond donors (Lipinski definition) is 2. The number of nitrogens with one attached hydrogen (secondary N) is 2. The smallest absolute Gasteiger partial charge is 0.226 e. The number of anilines is 1. The van der Waals surface area contributed by atoms with E-state index in [9.17, 15) is 4.79 Å². The molecule has 1 aliphatic rings. The topological polar surface area (TPSA) is 75.1 Å². The van der Waals surface area contributed by atoms with Crippen molar-refractivity contribution in [2.45, 2.75) is 38.8 Å². The van der Waals surface area contributed by atoms with Gasteiger partial charge in [0, 0.05) is 42.4 Å². The number of nitrogens with zero attached hydrogens (tertiary/aromatic N) is 4. The Balaban J connectivity index is 1.46. The third kappa shape index (κ3) is 5.11. The zero-order valence-corrected chi connectivity index (χ0v) is 21.8. The number of carbonyl (C=O) groups is 1. The number of pyridine rings is 2. The van der Waals surface area contributed by atoms with Crippen LogP contribution in [0.3, 0.4) is 0 Å². The van der Waals surface area contributed by atoms with Crippen LogP contribution in [0.1, 0.15) is 48.1 Å². The van der Waals surface area contributed by atoms with E-state index in [4.69, 9.17) is 12.2 Å². The van der Waals surface area contributed by atoms with Gasteiger partial charge in [-0.15, -0.1) is 0 Å². The molecule has 1 fully saturated rings. The maximum absolute atomic E-state index is 13.0. The lowest BCUT2D eigenvalue weighted by molar-refractivity contribution is -0.116. The van der Waals surface area contributed by atoms with Crippen LogP contribution in [0.5, 0.6) is 0 Å². The molecule has 1 aromatic carbocycles. The molecule has 1 aliphatic heterocycles. The van der Waals surface area contributed by atoms with Gasteiger partial charge >= 0.3 is 0 Å². The number of thiocarbonyl (C=S) groups is 1. The molecule has 4 aromatic rings. The minimum Gasteiger partial charge on any atom is -0.352 e. The van der Waals surface area contributed by atoms with Crippen LogP contribution < -0.4 is 10.6 Å². The molecular formula is C29H30N6OS. The van der Waals surface area contributed by atoms with E-state index in [0.717, 1.165) is 40.4 Å². The van der Waals surface area contributed by atoms with Gasteiger partial charge in [-0.2, -0.15) is 0 Å². The van der Waals surface area contributed by atoms with Crippen molar-refractivity contribution in [2.75, 3.05) is 11.9 Å². The first-order valence-corrected chi connectivity index (χ1v) is 12.9. The molecule has 8 heteroatoms. The standard InChI is InChI=1S/C29H30N6OS/c1-3-21-9-4-5-11-23(21)32-26(36)15-18-34-28(27(33-29(34)37)24-12-6-7-17-31-24)25-14-13-20(2)35(25)22-10-8-16-30-19-22/h4-14,16-17,19,27-28H,3,15,18H2,1-2H3,(H,32,36)(H,33,37)/t27-,28-/m1/s1. The van der Waals surface area contributed by atoms with Crippen molar-refractivity contribution in [3.63, 3.8) is 0 Å². The van der Waals surface area contributed by atoms with Gasteiger partial charge < -0.3 is 20.1 Å². The van der Waals surface area contributed by atoms with E-state index in [0.29, 0.717) is 18.1 Å². The first-order valence-electron chi connectivity index (χ1n) is 12.5. The molecule has 2 atom stereocenters. The molecule has 3 aromatic heterocycles. The molecule has 188 valence electrons. The number of benzene rings is 1. The van der Waals surface area contributed by atoms with Crippen LogP contribution in [-0.2, 0) is 11.2 Å². The second-order valence-electron chi connectivity index (χ2n) is 9.08. The molecule has 1 amide bonds. The number of aromatic nitrogens is 3. The van der Waals surface area contributed by atoms with E-state index in [1.165, 1.54) is 0 Å². The van der Waals surface area contributed by atoms with E-state index < -0.39 is 0 Å². The van der Waals surface area contributed by atoms with Crippen LogP contribution in [0, 0.1) is 6.92 Å². The molecule has 1 saturated heterocycles. The summed E-state index contributed by atoms with van der Waals surface area (Å²) in [6.07, 6.45) is 6.58. The highest BCUT2D eigenvalue weighted by molar-refractivity contribution is 7.80. The zero-order chi connectivity index (χ0) is 25.8. The number of amides is 1. The third-order valence-corrected chi connectivity index (χ3v) is 7.12. The fraction of sp³-hybridized carbons (Fsp3) is 0.241. The lowest BCUT2D eigenvalue weighted by atomic mass is 10.0. The van der Waals surface area contributed by atoms with Gasteiger partial charge in [0.1, 0.15) is 0 Å². The fourth-order valence-electron chi connectivity index (χ4n) is 4.98. The average molecular weight is 511 g/mol. The van der Waals surface area contributed by atoms with Crippen LogP contribution in [-0.4, -0.2) is 37.0 Å². The summed E-state index contributed by atoms with van der Waals surface area (Å²) in [6, 6.07) is 21.7. The molecule has 0 unspecified atom stereocenters. The predicted octanol–water partition coefficient (Wildman–Crippen LogP) is 5.14. The lowest BCUT2D eigenvalue weighted by Gasteiger charge is -2.29. The van der Waals surface area contributed by atoms with Crippen LogP contribution in [0.15, 0.2) is 85.3 Å². The number of rotatable bonds is 8. The summed E-state index contributed by atoms with van der Waals surface area (Å²) in [5.41, 5.74) is 6.01. The minimum absolute atomic E-state index is 0.0393.